The van der Waals surface area contributed by atoms with E-state index in [1.54, 1.807) is 0 Å². The summed E-state index contributed by atoms with van der Waals surface area (Å²) in [6.07, 6.45) is 8.89. The van der Waals surface area contributed by atoms with E-state index in [4.69, 9.17) is 4.74 Å². The Morgan fingerprint density at radius 1 is 1.22 bits per heavy atom. The van der Waals surface area contributed by atoms with Gasteiger partial charge in [0.15, 0.2) is 0 Å². The van der Waals surface area contributed by atoms with Crippen molar-refractivity contribution in [3.05, 3.63) is 0 Å². The molecule has 0 N–H and O–H groups in total. The largest absolute Gasteiger partial charge is 0.375 e. The summed E-state index contributed by atoms with van der Waals surface area (Å²) in [6.45, 7) is 7.25. The number of hydrogen-bond donors (Lipinski definition) is 0. The minimum atomic E-state index is 0.0642. The van der Waals surface area contributed by atoms with Crippen LogP contribution in [0.25, 0.3) is 0 Å². The molecular weight excluding hydrogens is 224 g/mol. The smallest absolute Gasteiger partial charge is 0.136 e. The third kappa shape index (κ3) is 3.57. The first kappa shape index (κ1) is 14.0. The standard InChI is InChI=1S/C16H28O2/c1-15(2,3)12-14(17)13-7-10-18-16(11-13)8-5-4-6-9-16/h13H,4-12H2,1-3H3. The molecule has 0 aromatic carbocycles. The quantitative estimate of drug-likeness (QED) is 0.739. The second-order valence-electron chi connectivity index (χ2n) is 7.49. The molecule has 2 heteroatoms. The van der Waals surface area contributed by atoms with Crippen LogP contribution in [0.4, 0.5) is 0 Å². The second kappa shape index (κ2) is 5.32. The lowest BCUT2D eigenvalue weighted by Crippen LogP contribution is -2.43. The predicted molar refractivity (Wildman–Crippen MR) is 73.6 cm³/mol. The first-order chi connectivity index (χ1) is 8.40. The highest BCUT2D eigenvalue weighted by Gasteiger charge is 2.40. The van der Waals surface area contributed by atoms with E-state index in [1.165, 1.54) is 32.1 Å². The van der Waals surface area contributed by atoms with Gasteiger partial charge in [-0.3, -0.25) is 4.79 Å². The second-order valence-corrected chi connectivity index (χ2v) is 7.49. The molecule has 2 aliphatic rings. The molecule has 0 aromatic heterocycles. The number of carbonyl (C=O) groups is 1. The van der Waals surface area contributed by atoms with Gasteiger partial charge in [0.1, 0.15) is 5.78 Å². The summed E-state index contributed by atoms with van der Waals surface area (Å²) in [5, 5.41) is 0. The van der Waals surface area contributed by atoms with Crippen LogP contribution in [0.5, 0.6) is 0 Å². The molecule has 0 radical (unpaired) electrons. The topological polar surface area (TPSA) is 26.3 Å². The van der Waals surface area contributed by atoms with Gasteiger partial charge in [-0.25, -0.2) is 0 Å². The van der Waals surface area contributed by atoms with E-state index in [-0.39, 0.29) is 16.9 Å². The van der Waals surface area contributed by atoms with Crippen molar-refractivity contribution in [2.75, 3.05) is 6.61 Å². The molecule has 1 unspecified atom stereocenters. The maximum absolute atomic E-state index is 12.4. The average Bonchev–Trinajstić information content (AvgIpc) is 2.28. The number of hydrogen-bond acceptors (Lipinski definition) is 2. The molecule has 1 aliphatic carbocycles. The van der Waals surface area contributed by atoms with Gasteiger partial charge in [0.25, 0.3) is 0 Å². The number of ketones is 1. The predicted octanol–water partition coefficient (Wildman–Crippen LogP) is 4.12. The lowest BCUT2D eigenvalue weighted by Gasteiger charge is -2.43. The Morgan fingerprint density at radius 3 is 2.50 bits per heavy atom. The van der Waals surface area contributed by atoms with Gasteiger partial charge in [-0.2, -0.15) is 0 Å². The summed E-state index contributed by atoms with van der Waals surface area (Å²) in [5.74, 6) is 0.729. The Hall–Kier alpha value is -0.370. The van der Waals surface area contributed by atoms with E-state index in [0.717, 1.165) is 19.4 Å². The highest BCUT2D eigenvalue weighted by molar-refractivity contribution is 5.81. The summed E-state index contributed by atoms with van der Waals surface area (Å²) in [5.41, 5.74) is 0.184. The first-order valence-electron chi connectivity index (χ1n) is 7.57. The minimum absolute atomic E-state index is 0.0642. The average molecular weight is 252 g/mol. The number of ether oxygens (including phenoxy) is 1. The van der Waals surface area contributed by atoms with Gasteiger partial charge in [0.2, 0.25) is 0 Å². The van der Waals surface area contributed by atoms with E-state index in [9.17, 15) is 4.79 Å². The van der Waals surface area contributed by atoms with Crippen molar-refractivity contribution in [3.63, 3.8) is 0 Å². The fraction of sp³-hybridized carbons (Fsp3) is 0.938. The third-order valence-electron chi connectivity index (χ3n) is 4.42. The molecule has 1 heterocycles. The van der Waals surface area contributed by atoms with E-state index in [2.05, 4.69) is 20.8 Å². The molecule has 1 spiro atoms. The van der Waals surface area contributed by atoms with Gasteiger partial charge in [-0.1, -0.05) is 40.0 Å². The van der Waals surface area contributed by atoms with Crippen LogP contribution in [0.2, 0.25) is 0 Å². The van der Waals surface area contributed by atoms with Crippen molar-refractivity contribution in [2.24, 2.45) is 11.3 Å². The van der Waals surface area contributed by atoms with Crippen molar-refractivity contribution in [1.82, 2.24) is 0 Å². The van der Waals surface area contributed by atoms with E-state index in [0.29, 0.717) is 12.2 Å². The van der Waals surface area contributed by atoms with Gasteiger partial charge < -0.3 is 4.74 Å². The summed E-state index contributed by atoms with van der Waals surface area (Å²) in [6, 6.07) is 0. The highest BCUT2D eigenvalue weighted by Crippen LogP contribution is 2.41. The van der Waals surface area contributed by atoms with E-state index in [1.807, 2.05) is 0 Å². The zero-order valence-electron chi connectivity index (χ0n) is 12.3. The van der Waals surface area contributed by atoms with Crippen LogP contribution in [-0.4, -0.2) is 18.0 Å². The van der Waals surface area contributed by atoms with E-state index >= 15 is 0 Å². The Labute approximate surface area is 111 Å². The van der Waals surface area contributed by atoms with Crippen LogP contribution in [-0.2, 0) is 9.53 Å². The molecule has 0 amide bonds. The van der Waals surface area contributed by atoms with Crippen LogP contribution in [0.3, 0.4) is 0 Å². The third-order valence-corrected chi connectivity index (χ3v) is 4.42. The zero-order chi connectivity index (χ0) is 13.2. The normalized spacial score (nSPS) is 28.3. The Bertz CT molecular complexity index is 289. The van der Waals surface area contributed by atoms with Crippen molar-refractivity contribution in [3.8, 4) is 0 Å². The van der Waals surface area contributed by atoms with Crippen LogP contribution in [0.15, 0.2) is 0 Å². The molecule has 1 saturated heterocycles. The molecule has 2 nitrogen and oxygen atoms in total. The molecular formula is C16H28O2. The van der Waals surface area contributed by atoms with Gasteiger partial charge >= 0.3 is 0 Å². The molecule has 18 heavy (non-hydrogen) atoms. The van der Waals surface area contributed by atoms with Crippen LogP contribution in [0, 0.1) is 11.3 Å². The van der Waals surface area contributed by atoms with Crippen molar-refractivity contribution in [2.45, 2.75) is 77.7 Å². The summed E-state index contributed by atoms with van der Waals surface area (Å²) in [4.78, 5) is 12.4. The molecule has 0 bridgehead atoms. The highest BCUT2D eigenvalue weighted by atomic mass is 16.5. The summed E-state index contributed by atoms with van der Waals surface area (Å²) < 4.78 is 6.06. The van der Waals surface area contributed by atoms with E-state index < -0.39 is 0 Å². The zero-order valence-corrected chi connectivity index (χ0v) is 12.3. The van der Waals surface area contributed by atoms with Crippen LogP contribution >= 0.6 is 0 Å². The maximum Gasteiger partial charge on any atom is 0.136 e. The fourth-order valence-corrected chi connectivity index (χ4v) is 3.51. The molecule has 0 aromatic rings. The Balaban J connectivity index is 1.95. The fourth-order valence-electron chi connectivity index (χ4n) is 3.51. The van der Waals surface area contributed by atoms with Crippen molar-refractivity contribution >= 4 is 5.78 Å². The summed E-state index contributed by atoms with van der Waals surface area (Å²) in [7, 11) is 0. The maximum atomic E-state index is 12.4. The monoisotopic (exact) mass is 252 g/mol. The van der Waals surface area contributed by atoms with Gasteiger partial charge in [0.05, 0.1) is 5.60 Å². The molecule has 2 fully saturated rings. The Kier molecular flexibility index (Phi) is 4.15. The van der Waals surface area contributed by atoms with Gasteiger partial charge in [-0.15, -0.1) is 0 Å². The SMILES string of the molecule is CC(C)(C)CC(=O)C1CCOC2(CCCCC2)C1. The molecule has 1 atom stereocenters. The number of rotatable bonds is 2. The summed E-state index contributed by atoms with van der Waals surface area (Å²) >= 11 is 0. The lowest BCUT2D eigenvalue weighted by atomic mass is 9.73. The number of Topliss-reactive ketones (excluding diaryl/α,β-unsaturated/α-hetero) is 1. The lowest BCUT2D eigenvalue weighted by molar-refractivity contribution is -0.144. The molecule has 2 rings (SSSR count). The van der Waals surface area contributed by atoms with Crippen LogP contribution in [0.1, 0.15) is 72.1 Å². The Morgan fingerprint density at radius 2 is 1.89 bits per heavy atom. The van der Waals surface area contributed by atoms with Gasteiger partial charge in [-0.05, 0) is 31.1 Å². The van der Waals surface area contributed by atoms with Crippen molar-refractivity contribution < 1.29 is 9.53 Å². The molecule has 1 saturated carbocycles. The van der Waals surface area contributed by atoms with Crippen molar-refractivity contribution in [1.29, 1.82) is 0 Å². The molecule has 104 valence electrons. The number of carbonyl (C=O) groups excluding carboxylic acids is 1. The van der Waals surface area contributed by atoms with Crippen LogP contribution < -0.4 is 0 Å². The van der Waals surface area contributed by atoms with Gasteiger partial charge in [0, 0.05) is 18.9 Å². The first-order valence-corrected chi connectivity index (χ1v) is 7.57. The minimum Gasteiger partial charge on any atom is -0.375 e. The molecule has 1 aliphatic heterocycles.